The number of hydrogen-bond acceptors (Lipinski definition) is 4. The number of piperidine rings is 1. The molecule has 1 aliphatic rings. The lowest BCUT2D eigenvalue weighted by atomic mass is 10.1. The van der Waals surface area contributed by atoms with Gasteiger partial charge in [0.25, 0.3) is 0 Å². The topological polar surface area (TPSA) is 95.7 Å². The molecule has 6 nitrogen and oxygen atoms in total. The summed E-state index contributed by atoms with van der Waals surface area (Å²) in [6.07, 6.45) is 1.77. The number of nitrogens with zero attached hydrogens (tertiary/aromatic N) is 1. The van der Waals surface area contributed by atoms with Gasteiger partial charge in [-0.3, -0.25) is 9.69 Å². The van der Waals surface area contributed by atoms with Crippen LogP contribution in [0.25, 0.3) is 0 Å². The standard InChI is InChI=1S/C11H21N3O3/c1-11(2,10(16)17)13-9(15)7-14-5-3-8(12)4-6-14/h8H,3-7,12H2,1-2H3,(H,13,15)(H,16,17). The summed E-state index contributed by atoms with van der Waals surface area (Å²) in [6, 6.07) is 0.227. The van der Waals surface area contributed by atoms with E-state index in [-0.39, 0.29) is 18.5 Å². The Morgan fingerprint density at radius 3 is 2.41 bits per heavy atom. The molecule has 0 aromatic heterocycles. The fourth-order valence-electron chi connectivity index (χ4n) is 1.76. The first-order valence-corrected chi connectivity index (χ1v) is 5.83. The van der Waals surface area contributed by atoms with Gasteiger partial charge in [0.15, 0.2) is 0 Å². The van der Waals surface area contributed by atoms with Crippen molar-refractivity contribution in [2.45, 2.75) is 38.3 Å². The zero-order valence-corrected chi connectivity index (χ0v) is 10.4. The first-order valence-electron chi connectivity index (χ1n) is 5.83. The van der Waals surface area contributed by atoms with Crippen molar-refractivity contribution in [1.82, 2.24) is 10.2 Å². The second kappa shape index (κ2) is 5.46. The van der Waals surface area contributed by atoms with Gasteiger partial charge in [0.05, 0.1) is 6.54 Å². The number of carbonyl (C=O) groups is 2. The molecule has 1 heterocycles. The van der Waals surface area contributed by atoms with Gasteiger partial charge in [-0.15, -0.1) is 0 Å². The third-order valence-electron chi connectivity index (χ3n) is 2.99. The molecule has 17 heavy (non-hydrogen) atoms. The van der Waals surface area contributed by atoms with Crippen LogP contribution in [-0.4, -0.2) is 53.1 Å². The maximum Gasteiger partial charge on any atom is 0.328 e. The summed E-state index contributed by atoms with van der Waals surface area (Å²) in [4.78, 5) is 24.5. The van der Waals surface area contributed by atoms with E-state index in [4.69, 9.17) is 10.8 Å². The molecule has 6 heteroatoms. The Balaban J connectivity index is 2.37. The molecular weight excluding hydrogens is 222 g/mol. The van der Waals surface area contributed by atoms with Crippen molar-refractivity contribution in [3.05, 3.63) is 0 Å². The van der Waals surface area contributed by atoms with Crippen LogP contribution in [0.3, 0.4) is 0 Å². The van der Waals surface area contributed by atoms with Gasteiger partial charge in [0.1, 0.15) is 5.54 Å². The summed E-state index contributed by atoms with van der Waals surface area (Å²) in [6.45, 7) is 4.77. The van der Waals surface area contributed by atoms with Crippen LogP contribution < -0.4 is 11.1 Å². The lowest BCUT2D eigenvalue weighted by Gasteiger charge is -2.30. The van der Waals surface area contributed by atoms with E-state index < -0.39 is 11.5 Å². The third-order valence-corrected chi connectivity index (χ3v) is 2.99. The van der Waals surface area contributed by atoms with Crippen molar-refractivity contribution in [2.24, 2.45) is 5.73 Å². The highest BCUT2D eigenvalue weighted by molar-refractivity contribution is 5.87. The summed E-state index contributed by atoms with van der Waals surface area (Å²) in [5.41, 5.74) is 4.55. The number of rotatable bonds is 4. The summed E-state index contributed by atoms with van der Waals surface area (Å²) < 4.78 is 0. The van der Waals surface area contributed by atoms with Crippen LogP contribution in [0.2, 0.25) is 0 Å². The molecule has 4 N–H and O–H groups in total. The maximum atomic E-state index is 11.7. The minimum Gasteiger partial charge on any atom is -0.480 e. The molecule has 0 radical (unpaired) electrons. The molecule has 1 aliphatic heterocycles. The number of carboxylic acid groups (broad SMARTS) is 1. The van der Waals surface area contributed by atoms with Crippen LogP contribution in [-0.2, 0) is 9.59 Å². The fourth-order valence-corrected chi connectivity index (χ4v) is 1.76. The van der Waals surface area contributed by atoms with E-state index in [1.54, 1.807) is 0 Å². The van der Waals surface area contributed by atoms with E-state index in [1.165, 1.54) is 13.8 Å². The Labute approximate surface area is 101 Å². The summed E-state index contributed by atoms with van der Waals surface area (Å²) in [5, 5.41) is 11.4. The Morgan fingerprint density at radius 1 is 1.41 bits per heavy atom. The largest absolute Gasteiger partial charge is 0.480 e. The molecule has 0 saturated carbocycles. The predicted octanol–water partition coefficient (Wildman–Crippen LogP) is -0.611. The highest BCUT2D eigenvalue weighted by atomic mass is 16.4. The lowest BCUT2D eigenvalue weighted by Crippen LogP contribution is -2.53. The number of aliphatic carboxylic acids is 1. The number of carboxylic acids is 1. The second-order valence-electron chi connectivity index (χ2n) is 5.09. The normalized spacial score (nSPS) is 19.0. The number of likely N-dealkylation sites (tertiary alicyclic amines) is 1. The van der Waals surface area contributed by atoms with Gasteiger partial charge in [0, 0.05) is 19.1 Å². The molecule has 0 spiro atoms. The molecule has 1 rings (SSSR count). The van der Waals surface area contributed by atoms with Crippen molar-refractivity contribution >= 4 is 11.9 Å². The van der Waals surface area contributed by atoms with E-state index in [1.807, 2.05) is 4.90 Å². The van der Waals surface area contributed by atoms with Crippen molar-refractivity contribution in [3.63, 3.8) is 0 Å². The molecule has 0 aromatic carbocycles. The van der Waals surface area contributed by atoms with Crippen LogP contribution in [0.1, 0.15) is 26.7 Å². The Kier molecular flexibility index (Phi) is 4.47. The van der Waals surface area contributed by atoms with Crippen LogP contribution in [0.5, 0.6) is 0 Å². The average Bonchev–Trinajstić information content (AvgIpc) is 2.20. The SMILES string of the molecule is CC(C)(NC(=O)CN1CCC(N)CC1)C(=O)O. The Bertz CT molecular complexity index is 296. The zero-order chi connectivity index (χ0) is 13.1. The number of hydrogen-bond donors (Lipinski definition) is 3. The minimum absolute atomic E-state index is 0.227. The maximum absolute atomic E-state index is 11.7. The summed E-state index contributed by atoms with van der Waals surface area (Å²) in [7, 11) is 0. The van der Waals surface area contributed by atoms with Gasteiger partial charge < -0.3 is 16.2 Å². The summed E-state index contributed by atoms with van der Waals surface area (Å²) in [5.74, 6) is -1.29. The van der Waals surface area contributed by atoms with Crippen molar-refractivity contribution < 1.29 is 14.7 Å². The van der Waals surface area contributed by atoms with Crippen LogP contribution in [0, 0.1) is 0 Å². The van der Waals surface area contributed by atoms with Gasteiger partial charge >= 0.3 is 5.97 Å². The smallest absolute Gasteiger partial charge is 0.328 e. The number of carbonyl (C=O) groups excluding carboxylic acids is 1. The number of nitrogens with two attached hydrogens (primary N) is 1. The molecule has 0 bridgehead atoms. The van der Waals surface area contributed by atoms with Crippen LogP contribution in [0.4, 0.5) is 0 Å². The van der Waals surface area contributed by atoms with Crippen molar-refractivity contribution in [1.29, 1.82) is 0 Å². The molecule has 1 amide bonds. The van der Waals surface area contributed by atoms with E-state index >= 15 is 0 Å². The zero-order valence-electron chi connectivity index (χ0n) is 10.4. The monoisotopic (exact) mass is 243 g/mol. The molecule has 98 valence electrons. The quantitative estimate of drug-likeness (QED) is 0.612. The molecule has 0 unspecified atom stereocenters. The van der Waals surface area contributed by atoms with Crippen LogP contribution >= 0.6 is 0 Å². The lowest BCUT2D eigenvalue weighted by molar-refractivity contribution is -0.146. The molecule has 1 fully saturated rings. The first-order chi connectivity index (χ1) is 7.81. The Hall–Kier alpha value is -1.14. The van der Waals surface area contributed by atoms with Gasteiger partial charge in [0.2, 0.25) is 5.91 Å². The third kappa shape index (κ3) is 4.32. The average molecular weight is 243 g/mol. The van der Waals surface area contributed by atoms with Gasteiger partial charge in [-0.1, -0.05) is 0 Å². The van der Waals surface area contributed by atoms with Gasteiger partial charge in [-0.2, -0.15) is 0 Å². The second-order valence-corrected chi connectivity index (χ2v) is 5.09. The van der Waals surface area contributed by atoms with Gasteiger partial charge in [-0.25, -0.2) is 4.79 Å². The first kappa shape index (κ1) is 13.9. The molecule has 1 saturated heterocycles. The number of amides is 1. The van der Waals surface area contributed by atoms with Gasteiger partial charge in [-0.05, 0) is 26.7 Å². The van der Waals surface area contributed by atoms with Crippen molar-refractivity contribution in [2.75, 3.05) is 19.6 Å². The number of nitrogens with one attached hydrogen (secondary N) is 1. The van der Waals surface area contributed by atoms with E-state index in [9.17, 15) is 9.59 Å². The van der Waals surface area contributed by atoms with Crippen molar-refractivity contribution in [3.8, 4) is 0 Å². The highest BCUT2D eigenvalue weighted by Gasteiger charge is 2.29. The molecular formula is C11H21N3O3. The fraction of sp³-hybridized carbons (Fsp3) is 0.818. The predicted molar refractivity (Wildman–Crippen MR) is 63.5 cm³/mol. The van der Waals surface area contributed by atoms with E-state index in [0.717, 1.165) is 25.9 Å². The van der Waals surface area contributed by atoms with E-state index in [0.29, 0.717) is 0 Å². The molecule has 0 aromatic rings. The Morgan fingerprint density at radius 2 is 1.94 bits per heavy atom. The van der Waals surface area contributed by atoms with E-state index in [2.05, 4.69) is 5.32 Å². The highest BCUT2D eigenvalue weighted by Crippen LogP contribution is 2.08. The van der Waals surface area contributed by atoms with Crippen LogP contribution in [0.15, 0.2) is 0 Å². The molecule has 0 aliphatic carbocycles. The summed E-state index contributed by atoms with van der Waals surface area (Å²) >= 11 is 0. The minimum atomic E-state index is -1.22. The molecule has 0 atom stereocenters.